The topological polar surface area (TPSA) is 74.5 Å². The van der Waals surface area contributed by atoms with Crippen LogP contribution in [-0.4, -0.2) is 29.3 Å². The molecule has 1 aliphatic rings. The number of rotatable bonds is 6. The van der Waals surface area contributed by atoms with E-state index in [4.69, 9.17) is 14.0 Å². The number of hydrogen-bond donors (Lipinski definition) is 0. The highest BCUT2D eigenvalue weighted by atomic mass is 16.5. The Balaban J connectivity index is 2.20. The molecule has 0 radical (unpaired) electrons. The lowest BCUT2D eigenvalue weighted by Gasteiger charge is -2.19. The molecule has 0 unspecified atom stereocenters. The summed E-state index contributed by atoms with van der Waals surface area (Å²) in [5, 5.41) is 3.94. The van der Waals surface area contributed by atoms with E-state index in [9.17, 15) is 4.79 Å². The molecule has 0 aromatic carbocycles. The van der Waals surface area contributed by atoms with Gasteiger partial charge in [-0.15, -0.1) is 0 Å². The summed E-state index contributed by atoms with van der Waals surface area (Å²) in [5.74, 6) is 0.521. The van der Waals surface area contributed by atoms with E-state index in [1.54, 1.807) is 6.92 Å². The predicted octanol–water partition coefficient (Wildman–Crippen LogP) is 1.94. The molecule has 1 aliphatic carbocycles. The van der Waals surface area contributed by atoms with Crippen molar-refractivity contribution in [3.63, 3.8) is 0 Å². The third-order valence-corrected chi connectivity index (χ3v) is 3.30. The van der Waals surface area contributed by atoms with Gasteiger partial charge >= 0.3 is 5.97 Å². The fraction of sp³-hybridized carbons (Fsp3) is 0.769. The maximum Gasteiger partial charge on any atom is 0.321 e. The minimum absolute atomic E-state index is 0.278. The first kappa shape index (κ1) is 14.0. The van der Waals surface area contributed by atoms with Gasteiger partial charge in [0.2, 0.25) is 11.7 Å². The van der Waals surface area contributed by atoms with Crippen molar-refractivity contribution in [2.24, 2.45) is 0 Å². The van der Waals surface area contributed by atoms with Gasteiger partial charge in [-0.3, -0.25) is 4.79 Å². The van der Waals surface area contributed by atoms with E-state index in [0.717, 1.165) is 0 Å². The fourth-order valence-electron chi connectivity index (χ4n) is 1.99. The van der Waals surface area contributed by atoms with Crippen LogP contribution in [0.4, 0.5) is 0 Å². The Morgan fingerprint density at radius 1 is 1.37 bits per heavy atom. The largest absolute Gasteiger partial charge is 0.465 e. The second-order valence-corrected chi connectivity index (χ2v) is 5.17. The van der Waals surface area contributed by atoms with Gasteiger partial charge in [0.25, 0.3) is 0 Å². The zero-order valence-corrected chi connectivity index (χ0v) is 11.9. The van der Waals surface area contributed by atoms with Crippen molar-refractivity contribution >= 4 is 5.97 Å². The molecule has 1 fully saturated rings. The van der Waals surface area contributed by atoms with Gasteiger partial charge < -0.3 is 14.0 Å². The molecule has 6 nitrogen and oxygen atoms in total. The van der Waals surface area contributed by atoms with Crippen molar-refractivity contribution in [3.05, 3.63) is 11.7 Å². The van der Waals surface area contributed by atoms with E-state index in [2.05, 4.69) is 10.1 Å². The summed E-state index contributed by atoms with van der Waals surface area (Å²) < 4.78 is 15.9. The quantitative estimate of drug-likeness (QED) is 0.734. The number of ether oxygens (including phenoxy) is 2. The number of carbonyl (C=O) groups is 1. The summed E-state index contributed by atoms with van der Waals surface area (Å²) in [6.45, 7) is 8.34. The van der Waals surface area contributed by atoms with Gasteiger partial charge in [0.15, 0.2) is 0 Å². The first-order valence-electron chi connectivity index (χ1n) is 6.62. The van der Waals surface area contributed by atoms with Gasteiger partial charge in [-0.05, 0) is 40.5 Å². The normalized spacial score (nSPS) is 17.3. The Bertz CT molecular complexity index is 463. The number of aromatic nitrogens is 2. The molecule has 0 amide bonds. The van der Waals surface area contributed by atoms with Crippen LogP contribution < -0.4 is 0 Å². The van der Waals surface area contributed by atoms with Gasteiger partial charge in [0, 0.05) is 6.61 Å². The highest BCUT2D eigenvalue weighted by molar-refractivity contribution is 5.85. The molecule has 0 N–H and O–H groups in total. The molecule has 6 heteroatoms. The lowest BCUT2D eigenvalue weighted by atomic mass is 10.1. The first-order chi connectivity index (χ1) is 8.96. The smallest absolute Gasteiger partial charge is 0.321 e. The van der Waals surface area contributed by atoms with Crippen molar-refractivity contribution < 1.29 is 18.8 Å². The van der Waals surface area contributed by atoms with E-state index in [1.807, 2.05) is 20.8 Å². The maximum absolute atomic E-state index is 11.9. The van der Waals surface area contributed by atoms with Crippen LogP contribution in [-0.2, 0) is 25.3 Å². The van der Waals surface area contributed by atoms with Gasteiger partial charge in [-0.2, -0.15) is 4.98 Å². The zero-order valence-electron chi connectivity index (χ0n) is 11.9. The van der Waals surface area contributed by atoms with Crippen LogP contribution in [0.25, 0.3) is 0 Å². The van der Waals surface area contributed by atoms with Crippen LogP contribution in [0.15, 0.2) is 4.52 Å². The molecule has 0 aliphatic heterocycles. The highest BCUT2D eigenvalue weighted by Gasteiger charge is 2.58. The van der Waals surface area contributed by atoms with Crippen molar-refractivity contribution in [2.75, 3.05) is 13.2 Å². The average Bonchev–Trinajstić information content (AvgIpc) is 3.00. The van der Waals surface area contributed by atoms with E-state index >= 15 is 0 Å². The first-order valence-corrected chi connectivity index (χ1v) is 6.62. The molecule has 0 bridgehead atoms. The number of carbonyl (C=O) groups excluding carboxylic acids is 1. The lowest BCUT2D eigenvalue weighted by molar-refractivity contribution is -0.146. The summed E-state index contributed by atoms with van der Waals surface area (Å²) in [4.78, 5) is 16.3. The molecule has 0 atom stereocenters. The minimum atomic E-state index is -0.719. The highest BCUT2D eigenvalue weighted by Crippen LogP contribution is 2.48. The second-order valence-electron chi connectivity index (χ2n) is 5.17. The summed E-state index contributed by atoms with van der Waals surface area (Å²) >= 11 is 0. The van der Waals surface area contributed by atoms with Crippen molar-refractivity contribution in [3.8, 4) is 0 Å². The van der Waals surface area contributed by atoms with Gasteiger partial charge in [0.05, 0.1) is 6.61 Å². The SMILES string of the molecule is CCOC(=O)C1(c2nc(C(C)(C)OCC)no2)CC1. The molecular weight excluding hydrogens is 248 g/mol. The van der Waals surface area contributed by atoms with Crippen molar-refractivity contribution in [2.45, 2.75) is 51.6 Å². The number of esters is 1. The minimum Gasteiger partial charge on any atom is -0.465 e. The standard InChI is InChI=1S/C13H20N2O4/c1-5-17-11(16)13(7-8-13)10-14-9(15-19-10)12(3,4)18-6-2/h5-8H2,1-4H3. The molecule has 1 aromatic rings. The molecule has 0 spiro atoms. The average molecular weight is 268 g/mol. The van der Waals surface area contributed by atoms with E-state index in [1.165, 1.54) is 0 Å². The fourth-order valence-corrected chi connectivity index (χ4v) is 1.99. The second kappa shape index (κ2) is 4.92. The monoisotopic (exact) mass is 268 g/mol. The Kier molecular flexibility index (Phi) is 3.62. The van der Waals surface area contributed by atoms with E-state index in [-0.39, 0.29) is 5.97 Å². The van der Waals surface area contributed by atoms with Gasteiger partial charge in [-0.25, -0.2) is 0 Å². The van der Waals surface area contributed by atoms with Crippen molar-refractivity contribution in [1.29, 1.82) is 0 Å². The van der Waals surface area contributed by atoms with Crippen LogP contribution >= 0.6 is 0 Å². The third kappa shape index (κ3) is 2.49. The maximum atomic E-state index is 11.9. The molecule has 2 rings (SSSR count). The van der Waals surface area contributed by atoms with E-state index < -0.39 is 11.0 Å². The third-order valence-electron chi connectivity index (χ3n) is 3.30. The molecule has 106 valence electrons. The van der Waals surface area contributed by atoms with Crippen LogP contribution in [0.1, 0.15) is 52.3 Å². The molecule has 1 saturated carbocycles. The van der Waals surface area contributed by atoms with Crippen molar-refractivity contribution in [1.82, 2.24) is 10.1 Å². The molecule has 1 aromatic heterocycles. The summed E-state index contributed by atoms with van der Waals surface area (Å²) in [7, 11) is 0. The molecule has 19 heavy (non-hydrogen) atoms. The Morgan fingerprint density at radius 3 is 2.58 bits per heavy atom. The summed E-state index contributed by atoms with van der Waals surface area (Å²) in [5.41, 5.74) is -1.34. The Hall–Kier alpha value is -1.43. The number of nitrogens with zero attached hydrogens (tertiary/aromatic N) is 2. The van der Waals surface area contributed by atoms with Crippen LogP contribution in [0.5, 0.6) is 0 Å². The summed E-state index contributed by atoms with van der Waals surface area (Å²) in [6.07, 6.45) is 1.39. The Labute approximate surface area is 112 Å². The van der Waals surface area contributed by atoms with Gasteiger partial charge in [0.1, 0.15) is 11.0 Å². The zero-order chi connectivity index (χ0) is 14.1. The van der Waals surface area contributed by atoms with Crippen LogP contribution in [0, 0.1) is 0 Å². The van der Waals surface area contributed by atoms with Crippen LogP contribution in [0.3, 0.4) is 0 Å². The number of hydrogen-bond acceptors (Lipinski definition) is 6. The van der Waals surface area contributed by atoms with E-state index in [0.29, 0.717) is 37.8 Å². The van der Waals surface area contributed by atoms with Gasteiger partial charge in [-0.1, -0.05) is 5.16 Å². The predicted molar refractivity (Wildman–Crippen MR) is 66.5 cm³/mol. The molecule has 1 heterocycles. The summed E-state index contributed by atoms with van der Waals surface area (Å²) in [6, 6.07) is 0. The lowest BCUT2D eigenvalue weighted by Crippen LogP contribution is -2.25. The molecule has 0 saturated heterocycles. The van der Waals surface area contributed by atoms with Crippen LogP contribution in [0.2, 0.25) is 0 Å². The molecular formula is C13H20N2O4. The Morgan fingerprint density at radius 2 is 2.05 bits per heavy atom.